The van der Waals surface area contributed by atoms with Crippen molar-refractivity contribution in [2.75, 3.05) is 17.2 Å². The number of nitrogens with one attached hydrogen (secondary N) is 2. The Kier molecular flexibility index (Phi) is 3.92. The summed E-state index contributed by atoms with van der Waals surface area (Å²) in [6, 6.07) is 7.90. The molecule has 2 aromatic rings. The molecular formula is C13H14N4O2. The van der Waals surface area contributed by atoms with Crippen LogP contribution in [0.3, 0.4) is 0 Å². The summed E-state index contributed by atoms with van der Waals surface area (Å²) in [5.41, 5.74) is 2.08. The van der Waals surface area contributed by atoms with E-state index in [0.717, 1.165) is 11.3 Å². The van der Waals surface area contributed by atoms with Gasteiger partial charge in [-0.05, 0) is 24.6 Å². The molecule has 0 bridgehead atoms. The molecule has 1 aromatic carbocycles. The van der Waals surface area contributed by atoms with E-state index in [9.17, 15) is 4.79 Å². The zero-order valence-corrected chi connectivity index (χ0v) is 10.4. The molecule has 3 N–H and O–H groups in total. The van der Waals surface area contributed by atoms with Crippen molar-refractivity contribution >= 4 is 23.3 Å². The molecule has 0 atom stereocenters. The molecule has 1 aromatic heterocycles. The number of aryl methyl sites for hydroxylation is 1. The number of rotatable bonds is 5. The Labute approximate surface area is 110 Å². The molecule has 6 nitrogen and oxygen atoms in total. The van der Waals surface area contributed by atoms with E-state index in [1.807, 2.05) is 31.2 Å². The number of aliphatic carboxylic acids is 1. The third-order valence-electron chi connectivity index (χ3n) is 2.36. The highest BCUT2D eigenvalue weighted by molar-refractivity contribution is 5.72. The zero-order chi connectivity index (χ0) is 13.7. The van der Waals surface area contributed by atoms with Crippen molar-refractivity contribution in [3.63, 3.8) is 0 Å². The first-order chi connectivity index (χ1) is 9.13. The minimum absolute atomic E-state index is 0.181. The van der Waals surface area contributed by atoms with Gasteiger partial charge in [-0.25, -0.2) is 9.97 Å². The summed E-state index contributed by atoms with van der Waals surface area (Å²) in [4.78, 5) is 18.6. The van der Waals surface area contributed by atoms with Gasteiger partial charge in [0, 0.05) is 5.69 Å². The summed E-state index contributed by atoms with van der Waals surface area (Å²) < 4.78 is 0. The lowest BCUT2D eigenvalue weighted by molar-refractivity contribution is -0.134. The van der Waals surface area contributed by atoms with Gasteiger partial charge in [-0.3, -0.25) is 4.79 Å². The van der Waals surface area contributed by atoms with Crippen molar-refractivity contribution in [2.45, 2.75) is 6.92 Å². The van der Waals surface area contributed by atoms with Crippen molar-refractivity contribution in [2.24, 2.45) is 0 Å². The number of carbonyl (C=O) groups is 1. The highest BCUT2D eigenvalue weighted by Crippen LogP contribution is 2.15. The molecule has 2 rings (SSSR count). The predicted molar refractivity (Wildman–Crippen MR) is 72.6 cm³/mol. The zero-order valence-electron chi connectivity index (χ0n) is 10.4. The number of hydrogen-bond acceptors (Lipinski definition) is 5. The van der Waals surface area contributed by atoms with Crippen LogP contribution in [0.5, 0.6) is 0 Å². The van der Waals surface area contributed by atoms with Crippen LogP contribution in [0, 0.1) is 6.92 Å². The number of anilines is 3. The highest BCUT2D eigenvalue weighted by atomic mass is 16.4. The van der Waals surface area contributed by atoms with E-state index in [1.54, 1.807) is 6.20 Å². The van der Waals surface area contributed by atoms with Crippen LogP contribution in [-0.4, -0.2) is 27.6 Å². The van der Waals surface area contributed by atoms with Crippen LogP contribution in [0.4, 0.5) is 17.3 Å². The maximum atomic E-state index is 10.4. The van der Waals surface area contributed by atoms with Gasteiger partial charge in [0.25, 0.3) is 0 Å². The third kappa shape index (κ3) is 3.95. The minimum atomic E-state index is -0.941. The Bertz CT molecular complexity index is 569. The quantitative estimate of drug-likeness (QED) is 0.760. The second-order valence-electron chi connectivity index (χ2n) is 4.03. The Balaban J connectivity index is 2.00. The summed E-state index contributed by atoms with van der Waals surface area (Å²) in [6.07, 6.45) is 3.04. The van der Waals surface area contributed by atoms with E-state index < -0.39 is 5.97 Å². The molecule has 0 amide bonds. The number of hydrogen-bond donors (Lipinski definition) is 3. The average molecular weight is 258 g/mol. The number of benzene rings is 1. The molecule has 19 heavy (non-hydrogen) atoms. The predicted octanol–water partition coefficient (Wildman–Crippen LogP) is 2.03. The molecule has 0 aliphatic rings. The molecule has 0 saturated carbocycles. The van der Waals surface area contributed by atoms with Crippen molar-refractivity contribution in [3.05, 3.63) is 42.2 Å². The van der Waals surface area contributed by atoms with Crippen molar-refractivity contribution in [1.82, 2.24) is 9.97 Å². The van der Waals surface area contributed by atoms with Crippen molar-refractivity contribution in [3.8, 4) is 0 Å². The molecule has 0 unspecified atom stereocenters. The molecular weight excluding hydrogens is 244 g/mol. The Morgan fingerprint density at radius 2 is 2.00 bits per heavy atom. The van der Waals surface area contributed by atoms with E-state index in [4.69, 9.17) is 5.11 Å². The van der Waals surface area contributed by atoms with Gasteiger partial charge in [-0.15, -0.1) is 0 Å². The summed E-state index contributed by atoms with van der Waals surface area (Å²) in [6.45, 7) is 1.83. The van der Waals surface area contributed by atoms with E-state index in [0.29, 0.717) is 11.6 Å². The third-order valence-corrected chi connectivity index (χ3v) is 2.36. The van der Waals surface area contributed by atoms with Crippen molar-refractivity contribution in [1.29, 1.82) is 0 Å². The van der Waals surface area contributed by atoms with Crippen LogP contribution in [-0.2, 0) is 4.79 Å². The molecule has 0 aliphatic carbocycles. The standard InChI is InChI=1S/C13H14N4O2/c1-9-3-2-4-10(5-9)17-12-7-14-11(6-15-12)16-8-13(18)19/h2-7H,8H2,1H3,(H,14,16)(H,15,17)(H,18,19). The van der Waals surface area contributed by atoms with Gasteiger partial charge in [0.15, 0.2) is 0 Å². The number of carboxylic acid groups (broad SMARTS) is 1. The molecule has 0 radical (unpaired) electrons. The van der Waals surface area contributed by atoms with Gasteiger partial charge in [0.05, 0.1) is 12.4 Å². The fourth-order valence-electron chi connectivity index (χ4n) is 1.52. The fourth-order valence-corrected chi connectivity index (χ4v) is 1.52. The number of nitrogens with zero attached hydrogens (tertiary/aromatic N) is 2. The summed E-state index contributed by atoms with van der Waals surface area (Å²) in [7, 11) is 0. The van der Waals surface area contributed by atoms with Gasteiger partial charge in [-0.2, -0.15) is 0 Å². The lowest BCUT2D eigenvalue weighted by Crippen LogP contribution is -2.13. The van der Waals surface area contributed by atoms with Gasteiger partial charge in [-0.1, -0.05) is 12.1 Å². The summed E-state index contributed by atoms with van der Waals surface area (Å²) in [5, 5.41) is 14.3. The maximum absolute atomic E-state index is 10.4. The lowest BCUT2D eigenvalue weighted by Gasteiger charge is -2.07. The Morgan fingerprint density at radius 1 is 1.26 bits per heavy atom. The largest absolute Gasteiger partial charge is 0.480 e. The molecule has 1 heterocycles. The highest BCUT2D eigenvalue weighted by Gasteiger charge is 2.00. The first-order valence-corrected chi connectivity index (χ1v) is 5.75. The van der Waals surface area contributed by atoms with Gasteiger partial charge < -0.3 is 15.7 Å². The van der Waals surface area contributed by atoms with Crippen LogP contribution in [0.15, 0.2) is 36.7 Å². The second kappa shape index (κ2) is 5.81. The number of carboxylic acids is 1. The van der Waals surface area contributed by atoms with Crippen LogP contribution >= 0.6 is 0 Å². The Hall–Kier alpha value is -2.63. The molecule has 6 heteroatoms. The van der Waals surface area contributed by atoms with Crippen LogP contribution in [0.25, 0.3) is 0 Å². The van der Waals surface area contributed by atoms with Gasteiger partial charge in [0.1, 0.15) is 18.2 Å². The average Bonchev–Trinajstić information content (AvgIpc) is 2.38. The van der Waals surface area contributed by atoms with Crippen molar-refractivity contribution < 1.29 is 9.90 Å². The number of aromatic nitrogens is 2. The fraction of sp³-hybridized carbons (Fsp3) is 0.154. The molecule has 0 fully saturated rings. The van der Waals surface area contributed by atoms with E-state index in [-0.39, 0.29) is 6.54 Å². The monoisotopic (exact) mass is 258 g/mol. The Morgan fingerprint density at radius 3 is 2.63 bits per heavy atom. The first kappa shape index (κ1) is 12.8. The molecule has 0 aliphatic heterocycles. The van der Waals surface area contributed by atoms with Gasteiger partial charge >= 0.3 is 5.97 Å². The first-order valence-electron chi connectivity index (χ1n) is 5.75. The minimum Gasteiger partial charge on any atom is -0.480 e. The molecule has 98 valence electrons. The van der Waals surface area contributed by atoms with E-state index in [1.165, 1.54) is 6.20 Å². The maximum Gasteiger partial charge on any atom is 0.322 e. The SMILES string of the molecule is Cc1cccc(Nc2cnc(NCC(=O)O)cn2)c1. The molecule has 0 saturated heterocycles. The summed E-state index contributed by atoms with van der Waals surface area (Å²) >= 11 is 0. The van der Waals surface area contributed by atoms with Crippen LogP contribution in [0.2, 0.25) is 0 Å². The van der Waals surface area contributed by atoms with Gasteiger partial charge in [0.2, 0.25) is 0 Å². The lowest BCUT2D eigenvalue weighted by atomic mass is 10.2. The second-order valence-corrected chi connectivity index (χ2v) is 4.03. The summed E-state index contributed by atoms with van der Waals surface area (Å²) in [5.74, 6) is 0.0902. The smallest absolute Gasteiger partial charge is 0.322 e. The van der Waals surface area contributed by atoms with E-state index in [2.05, 4.69) is 20.6 Å². The van der Waals surface area contributed by atoms with Crippen LogP contribution in [0.1, 0.15) is 5.56 Å². The van der Waals surface area contributed by atoms with E-state index >= 15 is 0 Å². The normalized spacial score (nSPS) is 9.95. The van der Waals surface area contributed by atoms with Crippen LogP contribution < -0.4 is 10.6 Å². The topological polar surface area (TPSA) is 87.1 Å². The molecule has 0 spiro atoms.